The molecule has 4 heteroatoms. The van der Waals surface area contributed by atoms with Crippen molar-refractivity contribution in [3.05, 3.63) is 29.2 Å². The van der Waals surface area contributed by atoms with E-state index < -0.39 is 0 Å². The number of nitrogens with one attached hydrogen (secondary N) is 1. The van der Waals surface area contributed by atoms with Crippen molar-refractivity contribution >= 4 is 22.5 Å². The van der Waals surface area contributed by atoms with E-state index in [0.29, 0.717) is 5.15 Å². The van der Waals surface area contributed by atoms with Gasteiger partial charge in [0.1, 0.15) is 0 Å². The summed E-state index contributed by atoms with van der Waals surface area (Å²) in [6.45, 7) is 2.03. The molecule has 0 unspecified atom stereocenters. The summed E-state index contributed by atoms with van der Waals surface area (Å²) in [4.78, 5) is 7.29. The average Bonchev–Trinajstić information content (AvgIpc) is 2.64. The quantitative estimate of drug-likeness (QED) is 0.748. The smallest absolute Gasteiger partial charge is 0.153 e. The van der Waals surface area contributed by atoms with Gasteiger partial charge in [-0.15, -0.1) is 0 Å². The Kier molecular flexibility index (Phi) is 2.44. The summed E-state index contributed by atoms with van der Waals surface area (Å²) in [6, 6.07) is 3.91. The summed E-state index contributed by atoms with van der Waals surface area (Å²) < 4.78 is 0. The first kappa shape index (κ1) is 9.49. The van der Waals surface area contributed by atoms with Gasteiger partial charge in [0, 0.05) is 17.6 Å². The number of nitrogens with zero attached hydrogens (tertiary/aromatic N) is 1. The Bertz CT molecular complexity index is 450. The van der Waals surface area contributed by atoms with Gasteiger partial charge >= 0.3 is 0 Å². The zero-order valence-electron chi connectivity index (χ0n) is 7.92. The van der Waals surface area contributed by atoms with Crippen LogP contribution in [0.1, 0.15) is 25.1 Å². The SMILES string of the molecule is CC[C@H](N)c1cc2cc[nH]c2c(Cl)n1. The second kappa shape index (κ2) is 3.59. The number of halogens is 1. The molecule has 2 rings (SSSR count). The largest absolute Gasteiger partial charge is 0.359 e. The highest BCUT2D eigenvalue weighted by molar-refractivity contribution is 6.33. The third-order valence-corrected chi connectivity index (χ3v) is 2.61. The molecule has 0 saturated heterocycles. The van der Waals surface area contributed by atoms with Crippen molar-refractivity contribution in [2.24, 2.45) is 5.73 Å². The normalized spacial score (nSPS) is 13.4. The Morgan fingerprint density at radius 2 is 2.43 bits per heavy atom. The molecular formula is C10H12ClN3. The summed E-state index contributed by atoms with van der Waals surface area (Å²) in [7, 11) is 0. The zero-order valence-corrected chi connectivity index (χ0v) is 8.67. The van der Waals surface area contributed by atoms with Crippen molar-refractivity contribution in [1.29, 1.82) is 0 Å². The molecule has 3 N–H and O–H groups in total. The number of pyridine rings is 1. The van der Waals surface area contributed by atoms with E-state index in [4.69, 9.17) is 17.3 Å². The number of rotatable bonds is 2. The van der Waals surface area contributed by atoms with Gasteiger partial charge in [0.05, 0.1) is 11.2 Å². The van der Waals surface area contributed by atoms with E-state index in [1.54, 1.807) is 0 Å². The molecule has 2 aromatic rings. The third-order valence-electron chi connectivity index (χ3n) is 2.34. The van der Waals surface area contributed by atoms with Crippen LogP contribution in [-0.2, 0) is 0 Å². The minimum absolute atomic E-state index is 0.0354. The molecular weight excluding hydrogens is 198 g/mol. The van der Waals surface area contributed by atoms with Gasteiger partial charge in [0.15, 0.2) is 5.15 Å². The van der Waals surface area contributed by atoms with Crippen LogP contribution in [0.2, 0.25) is 5.15 Å². The standard InChI is InChI=1S/C10H12ClN3/c1-2-7(12)8-5-6-3-4-13-9(6)10(11)14-8/h3-5,7,13H,2,12H2,1H3/t7-/m0/s1. The lowest BCUT2D eigenvalue weighted by Gasteiger charge is -2.08. The van der Waals surface area contributed by atoms with Crippen molar-refractivity contribution in [3.63, 3.8) is 0 Å². The van der Waals surface area contributed by atoms with Crippen LogP contribution in [0.25, 0.3) is 10.9 Å². The van der Waals surface area contributed by atoms with Gasteiger partial charge < -0.3 is 10.7 Å². The Morgan fingerprint density at radius 1 is 1.64 bits per heavy atom. The van der Waals surface area contributed by atoms with Gasteiger partial charge in [0.2, 0.25) is 0 Å². The van der Waals surface area contributed by atoms with Crippen molar-refractivity contribution in [2.45, 2.75) is 19.4 Å². The maximum atomic E-state index is 6.01. The first-order valence-corrected chi connectivity index (χ1v) is 4.99. The van der Waals surface area contributed by atoms with E-state index in [2.05, 4.69) is 9.97 Å². The lowest BCUT2D eigenvalue weighted by atomic mass is 10.1. The first-order valence-electron chi connectivity index (χ1n) is 4.61. The second-order valence-corrected chi connectivity index (χ2v) is 3.65. The monoisotopic (exact) mass is 209 g/mol. The van der Waals surface area contributed by atoms with Crippen LogP contribution in [0.3, 0.4) is 0 Å². The summed E-state index contributed by atoms with van der Waals surface area (Å²) in [5.74, 6) is 0. The Balaban J connectivity index is 2.58. The Hall–Kier alpha value is -1.06. The van der Waals surface area contributed by atoms with Gasteiger partial charge in [0.25, 0.3) is 0 Å². The zero-order chi connectivity index (χ0) is 10.1. The predicted octanol–water partition coefficient (Wildman–Crippen LogP) is 2.63. The molecule has 0 aliphatic heterocycles. The Morgan fingerprint density at radius 3 is 3.14 bits per heavy atom. The summed E-state index contributed by atoms with van der Waals surface area (Å²) in [5.41, 5.74) is 7.62. The molecule has 0 bridgehead atoms. The molecule has 0 spiro atoms. The van der Waals surface area contributed by atoms with Gasteiger partial charge in [-0.1, -0.05) is 18.5 Å². The van der Waals surface area contributed by atoms with Crippen molar-refractivity contribution in [2.75, 3.05) is 0 Å². The highest BCUT2D eigenvalue weighted by Gasteiger charge is 2.09. The fourth-order valence-electron chi connectivity index (χ4n) is 1.44. The fourth-order valence-corrected chi connectivity index (χ4v) is 1.70. The molecule has 0 amide bonds. The van der Waals surface area contributed by atoms with E-state index in [0.717, 1.165) is 23.0 Å². The van der Waals surface area contributed by atoms with Gasteiger partial charge in [-0.05, 0) is 18.6 Å². The fraction of sp³-hybridized carbons (Fsp3) is 0.300. The van der Waals surface area contributed by atoms with Gasteiger partial charge in [-0.2, -0.15) is 0 Å². The first-order chi connectivity index (χ1) is 6.72. The van der Waals surface area contributed by atoms with Crippen LogP contribution in [0.15, 0.2) is 18.3 Å². The van der Waals surface area contributed by atoms with Crippen LogP contribution in [0.5, 0.6) is 0 Å². The maximum absolute atomic E-state index is 6.01. The number of hydrogen-bond acceptors (Lipinski definition) is 2. The molecule has 0 aromatic carbocycles. The molecule has 1 atom stereocenters. The summed E-state index contributed by atoms with van der Waals surface area (Å²) >= 11 is 6.01. The van der Waals surface area contributed by atoms with Gasteiger partial charge in [-0.3, -0.25) is 0 Å². The molecule has 2 heterocycles. The summed E-state index contributed by atoms with van der Waals surface area (Å²) in [6.07, 6.45) is 2.71. The molecule has 0 aliphatic carbocycles. The molecule has 74 valence electrons. The highest BCUT2D eigenvalue weighted by atomic mass is 35.5. The van der Waals surface area contributed by atoms with Crippen LogP contribution in [0, 0.1) is 0 Å². The number of aromatic nitrogens is 2. The molecule has 14 heavy (non-hydrogen) atoms. The molecule has 0 aliphatic rings. The minimum Gasteiger partial charge on any atom is -0.359 e. The number of H-pyrrole nitrogens is 1. The molecule has 0 fully saturated rings. The predicted molar refractivity (Wildman–Crippen MR) is 58.3 cm³/mol. The molecule has 3 nitrogen and oxygen atoms in total. The van der Waals surface area contributed by atoms with E-state index in [9.17, 15) is 0 Å². The van der Waals surface area contributed by atoms with Crippen molar-refractivity contribution < 1.29 is 0 Å². The highest BCUT2D eigenvalue weighted by Crippen LogP contribution is 2.23. The lowest BCUT2D eigenvalue weighted by Crippen LogP contribution is -2.10. The number of fused-ring (bicyclic) bond motifs is 1. The van der Waals surface area contributed by atoms with E-state index in [1.807, 2.05) is 25.3 Å². The number of hydrogen-bond donors (Lipinski definition) is 2. The van der Waals surface area contributed by atoms with Crippen molar-refractivity contribution in [1.82, 2.24) is 9.97 Å². The van der Waals surface area contributed by atoms with Gasteiger partial charge in [-0.25, -0.2) is 4.98 Å². The number of nitrogens with two attached hydrogens (primary N) is 1. The minimum atomic E-state index is -0.0354. The number of aromatic amines is 1. The van der Waals surface area contributed by atoms with E-state index in [-0.39, 0.29) is 6.04 Å². The topological polar surface area (TPSA) is 54.7 Å². The van der Waals surface area contributed by atoms with Crippen molar-refractivity contribution in [3.8, 4) is 0 Å². The molecule has 2 aromatic heterocycles. The van der Waals surface area contributed by atoms with E-state index >= 15 is 0 Å². The molecule has 0 saturated carbocycles. The third kappa shape index (κ3) is 1.49. The molecule has 0 radical (unpaired) electrons. The lowest BCUT2D eigenvalue weighted by molar-refractivity contribution is 0.677. The Labute approximate surface area is 87.3 Å². The maximum Gasteiger partial charge on any atom is 0.153 e. The average molecular weight is 210 g/mol. The van der Waals surface area contributed by atoms with Crippen LogP contribution >= 0.6 is 11.6 Å². The summed E-state index contributed by atoms with van der Waals surface area (Å²) in [5, 5.41) is 1.55. The van der Waals surface area contributed by atoms with E-state index in [1.165, 1.54) is 0 Å². The second-order valence-electron chi connectivity index (χ2n) is 3.29. The van der Waals surface area contributed by atoms with Crippen LogP contribution < -0.4 is 5.73 Å². The van der Waals surface area contributed by atoms with Crippen LogP contribution in [-0.4, -0.2) is 9.97 Å². The van der Waals surface area contributed by atoms with Crippen LogP contribution in [0.4, 0.5) is 0 Å².